The molecule has 0 bridgehead atoms. The smallest absolute Gasteiger partial charge is 0.0240 e. The van der Waals surface area contributed by atoms with Gasteiger partial charge < -0.3 is 5.32 Å². The zero-order chi connectivity index (χ0) is 12.5. The van der Waals surface area contributed by atoms with Crippen LogP contribution in [0.2, 0.25) is 0 Å². The quantitative estimate of drug-likeness (QED) is 0.707. The van der Waals surface area contributed by atoms with E-state index in [1.54, 1.807) is 0 Å². The monoisotopic (exact) mass is 229 g/mol. The number of hydrogen-bond acceptors (Lipinski definition) is 1. The Labute approximate surface area is 106 Å². The maximum atomic E-state index is 5.36. The minimum absolute atomic E-state index is 0.464. The molecule has 0 aliphatic carbocycles. The van der Waals surface area contributed by atoms with Crippen molar-refractivity contribution in [3.63, 3.8) is 0 Å². The normalized spacial score (nSPS) is 13.9. The molecular weight excluding hydrogens is 206 g/mol. The third-order valence-corrected chi connectivity index (χ3v) is 3.09. The Morgan fingerprint density at radius 2 is 2.00 bits per heavy atom. The number of benzene rings is 1. The van der Waals surface area contributed by atoms with E-state index in [0.29, 0.717) is 12.1 Å². The topological polar surface area (TPSA) is 12.0 Å². The first kappa shape index (κ1) is 13.8. The molecule has 92 valence electrons. The molecule has 1 nitrogen and oxygen atoms in total. The van der Waals surface area contributed by atoms with E-state index in [1.165, 1.54) is 5.56 Å². The van der Waals surface area contributed by atoms with Gasteiger partial charge in [0.2, 0.25) is 0 Å². The van der Waals surface area contributed by atoms with Crippen molar-refractivity contribution in [2.45, 2.75) is 51.6 Å². The van der Waals surface area contributed by atoms with Crippen LogP contribution in [0.15, 0.2) is 30.3 Å². The van der Waals surface area contributed by atoms with Crippen LogP contribution in [0.25, 0.3) is 0 Å². The summed E-state index contributed by atoms with van der Waals surface area (Å²) in [6, 6.07) is 11.6. The Hall–Kier alpha value is -1.26. The first-order valence-electron chi connectivity index (χ1n) is 6.49. The third-order valence-electron chi connectivity index (χ3n) is 3.09. The molecule has 1 aromatic carbocycles. The summed E-state index contributed by atoms with van der Waals surface area (Å²) < 4.78 is 0. The van der Waals surface area contributed by atoms with E-state index in [-0.39, 0.29) is 0 Å². The van der Waals surface area contributed by atoms with Crippen LogP contribution in [0.1, 0.15) is 38.7 Å². The lowest BCUT2D eigenvalue weighted by atomic mass is 10.0. The van der Waals surface area contributed by atoms with E-state index in [0.717, 1.165) is 25.7 Å². The number of terminal acetylenes is 1. The minimum atomic E-state index is 0.464. The van der Waals surface area contributed by atoms with E-state index in [9.17, 15) is 0 Å². The maximum absolute atomic E-state index is 5.36. The van der Waals surface area contributed by atoms with E-state index in [4.69, 9.17) is 6.42 Å². The van der Waals surface area contributed by atoms with Gasteiger partial charge in [-0.1, -0.05) is 37.3 Å². The van der Waals surface area contributed by atoms with Crippen LogP contribution in [0.5, 0.6) is 0 Å². The zero-order valence-electron chi connectivity index (χ0n) is 10.9. The standard InChI is InChI=1S/C16H23N/c1-4-9-16(5-2)17-14(3)12-13-15-10-7-6-8-11-15/h1,6-8,10-11,14,16-17H,5,9,12-13H2,2-3H3. The highest BCUT2D eigenvalue weighted by atomic mass is 14.9. The van der Waals surface area contributed by atoms with Crippen LogP contribution < -0.4 is 5.32 Å². The molecule has 1 N–H and O–H groups in total. The lowest BCUT2D eigenvalue weighted by molar-refractivity contribution is 0.422. The van der Waals surface area contributed by atoms with Crippen LogP contribution in [0, 0.1) is 12.3 Å². The maximum Gasteiger partial charge on any atom is 0.0240 e. The van der Waals surface area contributed by atoms with Crippen molar-refractivity contribution in [1.29, 1.82) is 0 Å². The first-order valence-corrected chi connectivity index (χ1v) is 6.49. The predicted molar refractivity (Wildman–Crippen MR) is 74.9 cm³/mol. The van der Waals surface area contributed by atoms with Gasteiger partial charge in [-0.15, -0.1) is 12.3 Å². The Bertz CT molecular complexity index is 336. The average molecular weight is 229 g/mol. The Morgan fingerprint density at radius 3 is 2.59 bits per heavy atom. The molecular formula is C16H23N. The fraction of sp³-hybridized carbons (Fsp3) is 0.500. The number of aryl methyl sites for hydroxylation is 1. The van der Waals surface area contributed by atoms with Crippen LogP contribution in [-0.2, 0) is 6.42 Å². The van der Waals surface area contributed by atoms with Gasteiger partial charge in [0.05, 0.1) is 0 Å². The van der Waals surface area contributed by atoms with Crippen molar-refractivity contribution in [1.82, 2.24) is 5.32 Å². The molecule has 1 aromatic rings. The minimum Gasteiger partial charge on any atom is -0.311 e. The van der Waals surface area contributed by atoms with Crippen molar-refractivity contribution < 1.29 is 0 Å². The highest BCUT2D eigenvalue weighted by Gasteiger charge is 2.08. The number of hydrogen-bond donors (Lipinski definition) is 1. The van der Waals surface area contributed by atoms with Gasteiger partial charge in [-0.3, -0.25) is 0 Å². The van der Waals surface area contributed by atoms with Gasteiger partial charge in [0.25, 0.3) is 0 Å². The fourth-order valence-corrected chi connectivity index (χ4v) is 1.98. The summed E-state index contributed by atoms with van der Waals surface area (Å²) in [6.07, 6.45) is 9.56. The third kappa shape index (κ3) is 5.56. The van der Waals surface area contributed by atoms with Crippen molar-refractivity contribution in [3.05, 3.63) is 35.9 Å². The number of rotatable bonds is 7. The lowest BCUT2D eigenvalue weighted by Crippen LogP contribution is -2.36. The molecule has 0 saturated carbocycles. The van der Waals surface area contributed by atoms with Crippen molar-refractivity contribution in [3.8, 4) is 12.3 Å². The van der Waals surface area contributed by atoms with Crippen molar-refractivity contribution >= 4 is 0 Å². The molecule has 2 atom stereocenters. The molecule has 2 unspecified atom stereocenters. The lowest BCUT2D eigenvalue weighted by Gasteiger charge is -2.20. The average Bonchev–Trinajstić information content (AvgIpc) is 2.37. The second kappa shape index (κ2) is 7.92. The summed E-state index contributed by atoms with van der Waals surface area (Å²) in [5.41, 5.74) is 1.41. The Morgan fingerprint density at radius 1 is 1.29 bits per heavy atom. The van der Waals surface area contributed by atoms with Gasteiger partial charge in [-0.25, -0.2) is 0 Å². The molecule has 0 radical (unpaired) electrons. The zero-order valence-corrected chi connectivity index (χ0v) is 10.9. The van der Waals surface area contributed by atoms with Crippen LogP contribution in [-0.4, -0.2) is 12.1 Å². The highest BCUT2D eigenvalue weighted by molar-refractivity contribution is 5.14. The van der Waals surface area contributed by atoms with E-state index in [2.05, 4.69) is 55.4 Å². The Balaban J connectivity index is 2.30. The molecule has 0 fully saturated rings. The van der Waals surface area contributed by atoms with Crippen LogP contribution in [0.4, 0.5) is 0 Å². The SMILES string of the molecule is C#CCC(CC)NC(C)CCc1ccccc1. The van der Waals surface area contributed by atoms with E-state index >= 15 is 0 Å². The second-order valence-electron chi connectivity index (χ2n) is 4.61. The molecule has 0 heterocycles. The summed E-state index contributed by atoms with van der Waals surface area (Å²) in [5.74, 6) is 2.74. The van der Waals surface area contributed by atoms with E-state index in [1.807, 2.05) is 0 Å². The molecule has 0 aromatic heterocycles. The van der Waals surface area contributed by atoms with Gasteiger partial charge in [0.15, 0.2) is 0 Å². The molecule has 0 spiro atoms. The summed E-state index contributed by atoms with van der Waals surface area (Å²) in [4.78, 5) is 0. The summed E-state index contributed by atoms with van der Waals surface area (Å²) >= 11 is 0. The van der Waals surface area contributed by atoms with Crippen LogP contribution in [0.3, 0.4) is 0 Å². The van der Waals surface area contributed by atoms with Crippen molar-refractivity contribution in [2.75, 3.05) is 0 Å². The largest absolute Gasteiger partial charge is 0.311 e. The number of nitrogens with one attached hydrogen (secondary N) is 1. The fourth-order valence-electron chi connectivity index (χ4n) is 1.98. The Kier molecular flexibility index (Phi) is 6.43. The highest BCUT2D eigenvalue weighted by Crippen LogP contribution is 2.06. The first-order chi connectivity index (χ1) is 8.26. The second-order valence-corrected chi connectivity index (χ2v) is 4.61. The van der Waals surface area contributed by atoms with Crippen molar-refractivity contribution in [2.24, 2.45) is 0 Å². The molecule has 0 aliphatic rings. The summed E-state index contributed by atoms with van der Waals surface area (Å²) in [6.45, 7) is 4.42. The van der Waals surface area contributed by atoms with Gasteiger partial charge in [0, 0.05) is 18.5 Å². The molecule has 0 aliphatic heterocycles. The molecule has 1 heteroatoms. The summed E-state index contributed by atoms with van der Waals surface area (Å²) in [5, 5.41) is 3.60. The van der Waals surface area contributed by atoms with Gasteiger partial charge in [0.1, 0.15) is 0 Å². The molecule has 17 heavy (non-hydrogen) atoms. The van der Waals surface area contributed by atoms with Crippen LogP contribution >= 0.6 is 0 Å². The molecule has 0 amide bonds. The van der Waals surface area contributed by atoms with Gasteiger partial charge >= 0.3 is 0 Å². The van der Waals surface area contributed by atoms with E-state index < -0.39 is 0 Å². The predicted octanol–water partition coefficient (Wildman–Crippen LogP) is 3.40. The summed E-state index contributed by atoms with van der Waals surface area (Å²) in [7, 11) is 0. The van der Waals surface area contributed by atoms with Gasteiger partial charge in [-0.05, 0) is 31.7 Å². The molecule has 1 rings (SSSR count). The van der Waals surface area contributed by atoms with Gasteiger partial charge in [-0.2, -0.15) is 0 Å². The molecule has 0 saturated heterocycles.